The maximum atomic E-state index is 11.0. The summed E-state index contributed by atoms with van der Waals surface area (Å²) in [5.41, 5.74) is 0.342. The molecule has 108 valence electrons. The van der Waals surface area contributed by atoms with Gasteiger partial charge in [-0.25, -0.2) is 0 Å². The third-order valence-electron chi connectivity index (χ3n) is 2.83. The Morgan fingerprint density at radius 2 is 1.71 bits per heavy atom. The Labute approximate surface area is 124 Å². The highest BCUT2D eigenvalue weighted by molar-refractivity contribution is 6.33. The van der Waals surface area contributed by atoms with E-state index in [1.54, 1.807) is 24.3 Å². The van der Waals surface area contributed by atoms with Gasteiger partial charge in [0.25, 0.3) is 5.69 Å². The number of para-hydroxylation sites is 2. The first-order valence-electron chi connectivity index (χ1n) is 5.89. The van der Waals surface area contributed by atoms with Gasteiger partial charge in [0.1, 0.15) is 10.7 Å². The number of anilines is 1. The van der Waals surface area contributed by atoms with Gasteiger partial charge in [0.05, 0.1) is 9.85 Å². The van der Waals surface area contributed by atoms with Gasteiger partial charge in [-0.2, -0.15) is 0 Å². The Morgan fingerprint density at radius 1 is 1.00 bits per heavy atom. The van der Waals surface area contributed by atoms with Crippen LogP contribution in [-0.2, 0) is 6.54 Å². The molecule has 0 saturated carbocycles. The molecule has 0 heterocycles. The van der Waals surface area contributed by atoms with Crippen molar-refractivity contribution in [3.8, 4) is 0 Å². The Morgan fingerprint density at radius 3 is 2.38 bits per heavy atom. The van der Waals surface area contributed by atoms with Crippen molar-refractivity contribution in [1.29, 1.82) is 0 Å². The van der Waals surface area contributed by atoms with Crippen LogP contribution in [0.4, 0.5) is 17.1 Å². The number of benzene rings is 2. The quantitative estimate of drug-likeness (QED) is 0.669. The van der Waals surface area contributed by atoms with E-state index in [2.05, 4.69) is 5.32 Å². The highest BCUT2D eigenvalue weighted by Crippen LogP contribution is 2.32. The first-order valence-corrected chi connectivity index (χ1v) is 6.27. The molecule has 0 amide bonds. The zero-order valence-electron chi connectivity index (χ0n) is 10.7. The topological polar surface area (TPSA) is 98.3 Å². The second kappa shape index (κ2) is 6.19. The van der Waals surface area contributed by atoms with E-state index in [4.69, 9.17) is 11.6 Å². The normalized spacial score (nSPS) is 10.1. The smallest absolute Gasteiger partial charge is 0.310 e. The Hall–Kier alpha value is -2.67. The molecule has 2 aromatic rings. The van der Waals surface area contributed by atoms with Gasteiger partial charge in [-0.1, -0.05) is 35.9 Å². The number of halogens is 1. The van der Waals surface area contributed by atoms with E-state index in [1.165, 1.54) is 18.2 Å². The minimum absolute atomic E-state index is 0.00700. The zero-order chi connectivity index (χ0) is 15.4. The first kappa shape index (κ1) is 14.7. The van der Waals surface area contributed by atoms with E-state index in [0.29, 0.717) is 5.56 Å². The summed E-state index contributed by atoms with van der Waals surface area (Å²) in [6, 6.07) is 10.7. The second-order valence-electron chi connectivity index (χ2n) is 4.13. The van der Waals surface area contributed by atoms with Crippen LogP contribution in [0.15, 0.2) is 42.5 Å². The van der Waals surface area contributed by atoms with Crippen LogP contribution in [0.5, 0.6) is 0 Å². The molecule has 0 fully saturated rings. The van der Waals surface area contributed by atoms with Crippen LogP contribution in [0.1, 0.15) is 5.56 Å². The van der Waals surface area contributed by atoms with Crippen LogP contribution in [0.2, 0.25) is 5.02 Å². The number of nitro groups is 2. The molecule has 0 bridgehead atoms. The van der Waals surface area contributed by atoms with Gasteiger partial charge in [-0.3, -0.25) is 20.2 Å². The molecular formula is C13H10ClN3O4. The highest BCUT2D eigenvalue weighted by Gasteiger charge is 2.19. The van der Waals surface area contributed by atoms with Crippen LogP contribution in [0.3, 0.4) is 0 Å². The van der Waals surface area contributed by atoms with E-state index in [0.717, 1.165) is 0 Å². The molecule has 2 aromatic carbocycles. The number of nitrogens with one attached hydrogen (secondary N) is 1. The van der Waals surface area contributed by atoms with Crippen molar-refractivity contribution in [2.45, 2.75) is 6.54 Å². The average molecular weight is 308 g/mol. The SMILES string of the molecule is O=[N+]([O-])c1ccccc1CNc1cccc(Cl)c1[N+](=O)[O-]. The molecule has 7 nitrogen and oxygen atoms in total. The standard InChI is InChI=1S/C13H10ClN3O4/c14-10-5-3-6-11(13(10)17(20)21)15-8-9-4-1-2-7-12(9)16(18)19/h1-7,15H,8H2. The van der Waals surface area contributed by atoms with E-state index in [9.17, 15) is 20.2 Å². The predicted molar refractivity (Wildman–Crippen MR) is 78.5 cm³/mol. The summed E-state index contributed by atoms with van der Waals surface area (Å²) < 4.78 is 0. The van der Waals surface area contributed by atoms with Crippen molar-refractivity contribution in [1.82, 2.24) is 0 Å². The van der Waals surface area contributed by atoms with Gasteiger partial charge in [0.2, 0.25) is 0 Å². The third kappa shape index (κ3) is 3.26. The van der Waals surface area contributed by atoms with E-state index < -0.39 is 9.85 Å². The molecule has 0 saturated heterocycles. The van der Waals surface area contributed by atoms with Gasteiger partial charge in [-0.15, -0.1) is 0 Å². The largest absolute Gasteiger partial charge is 0.375 e. The molecule has 21 heavy (non-hydrogen) atoms. The second-order valence-corrected chi connectivity index (χ2v) is 4.54. The first-order chi connectivity index (χ1) is 10.0. The number of nitrogens with zero attached hydrogens (tertiary/aromatic N) is 2. The number of hydrogen-bond donors (Lipinski definition) is 1. The number of nitro benzene ring substituents is 2. The molecule has 1 N–H and O–H groups in total. The zero-order valence-corrected chi connectivity index (χ0v) is 11.4. The molecule has 0 radical (unpaired) electrons. The van der Waals surface area contributed by atoms with Gasteiger partial charge >= 0.3 is 5.69 Å². The molecule has 0 aliphatic rings. The fourth-order valence-corrected chi connectivity index (χ4v) is 2.12. The molecular weight excluding hydrogens is 298 g/mol. The van der Waals surface area contributed by atoms with Crippen molar-refractivity contribution in [2.24, 2.45) is 0 Å². The van der Waals surface area contributed by atoms with E-state index in [-0.39, 0.29) is 28.6 Å². The molecule has 8 heteroatoms. The van der Waals surface area contributed by atoms with Crippen molar-refractivity contribution in [3.63, 3.8) is 0 Å². The lowest BCUT2D eigenvalue weighted by Gasteiger charge is -2.08. The number of rotatable bonds is 5. The summed E-state index contributed by atoms with van der Waals surface area (Å²) in [6.07, 6.45) is 0. The lowest BCUT2D eigenvalue weighted by molar-refractivity contribution is -0.385. The molecule has 0 aromatic heterocycles. The fraction of sp³-hybridized carbons (Fsp3) is 0.0769. The lowest BCUT2D eigenvalue weighted by atomic mass is 10.1. The molecule has 2 rings (SSSR count). The van der Waals surface area contributed by atoms with Gasteiger partial charge in [0.15, 0.2) is 0 Å². The Bertz CT molecular complexity index is 706. The van der Waals surface area contributed by atoms with Crippen LogP contribution in [0, 0.1) is 20.2 Å². The molecule has 0 atom stereocenters. The van der Waals surface area contributed by atoms with Crippen LogP contribution in [0.25, 0.3) is 0 Å². The minimum Gasteiger partial charge on any atom is -0.375 e. The molecule has 0 unspecified atom stereocenters. The Balaban J connectivity index is 2.28. The molecule has 0 aliphatic carbocycles. The molecule has 0 spiro atoms. The third-order valence-corrected chi connectivity index (χ3v) is 3.13. The monoisotopic (exact) mass is 307 g/mol. The molecule has 0 aliphatic heterocycles. The van der Waals surface area contributed by atoms with E-state index in [1.807, 2.05) is 0 Å². The van der Waals surface area contributed by atoms with Crippen molar-refractivity contribution >= 4 is 28.7 Å². The summed E-state index contributed by atoms with van der Waals surface area (Å²) in [5, 5.41) is 24.7. The summed E-state index contributed by atoms with van der Waals surface area (Å²) in [6.45, 7) is 0.0817. The van der Waals surface area contributed by atoms with Crippen LogP contribution in [-0.4, -0.2) is 9.85 Å². The van der Waals surface area contributed by atoms with Crippen LogP contribution >= 0.6 is 11.6 Å². The van der Waals surface area contributed by atoms with Gasteiger partial charge in [-0.05, 0) is 12.1 Å². The lowest BCUT2D eigenvalue weighted by Crippen LogP contribution is -2.05. The average Bonchev–Trinajstić information content (AvgIpc) is 2.44. The summed E-state index contributed by atoms with van der Waals surface area (Å²) in [4.78, 5) is 20.8. The number of hydrogen-bond acceptors (Lipinski definition) is 5. The predicted octanol–water partition coefficient (Wildman–Crippen LogP) is 3.77. The summed E-state index contributed by atoms with van der Waals surface area (Å²) in [7, 11) is 0. The maximum Gasteiger partial charge on any atom is 0.310 e. The maximum absolute atomic E-state index is 11.0. The highest BCUT2D eigenvalue weighted by atomic mass is 35.5. The van der Waals surface area contributed by atoms with Gasteiger partial charge in [0, 0.05) is 18.2 Å². The summed E-state index contributed by atoms with van der Waals surface area (Å²) >= 11 is 5.80. The van der Waals surface area contributed by atoms with Gasteiger partial charge < -0.3 is 5.32 Å². The Kier molecular flexibility index (Phi) is 4.34. The fourth-order valence-electron chi connectivity index (χ4n) is 1.87. The van der Waals surface area contributed by atoms with Crippen molar-refractivity contribution in [2.75, 3.05) is 5.32 Å². The van der Waals surface area contributed by atoms with Crippen LogP contribution < -0.4 is 5.32 Å². The minimum atomic E-state index is -0.593. The summed E-state index contributed by atoms with van der Waals surface area (Å²) in [5.74, 6) is 0. The van der Waals surface area contributed by atoms with Crippen molar-refractivity contribution < 1.29 is 9.85 Å². The van der Waals surface area contributed by atoms with Crippen molar-refractivity contribution in [3.05, 3.63) is 73.3 Å². The van der Waals surface area contributed by atoms with E-state index >= 15 is 0 Å².